The number of carbonyl (C=O) groups is 1. The Hall–Kier alpha value is -1.89. The highest BCUT2D eigenvalue weighted by Crippen LogP contribution is 2.33. The molecule has 1 amide bonds. The number of carbonyl (C=O) groups excluding carboxylic acids is 1. The summed E-state index contributed by atoms with van der Waals surface area (Å²) in [6.45, 7) is 1.88. The molecule has 0 radical (unpaired) electrons. The second-order valence-electron chi connectivity index (χ2n) is 5.22. The van der Waals surface area contributed by atoms with Gasteiger partial charge in [0.05, 0.1) is 0 Å². The summed E-state index contributed by atoms with van der Waals surface area (Å²) in [5.74, 6) is 0.287. The molecule has 7 nitrogen and oxygen atoms in total. The quantitative estimate of drug-likeness (QED) is 0.749. The molecule has 2 fully saturated rings. The minimum atomic E-state index is -0.385. The second-order valence-corrected chi connectivity index (χ2v) is 5.22. The van der Waals surface area contributed by atoms with Gasteiger partial charge in [-0.05, 0) is 12.8 Å². The molecule has 1 aromatic heterocycles. The average molecular weight is 277 g/mol. The molecule has 1 atom stereocenters. The molecule has 2 heterocycles. The molecule has 0 spiro atoms. The Morgan fingerprint density at radius 2 is 2.30 bits per heavy atom. The molecular weight excluding hydrogens is 258 g/mol. The number of likely N-dealkylation sites (N-methyl/N-ethyl adjacent to an activating group) is 1. The predicted molar refractivity (Wildman–Crippen MR) is 74.8 cm³/mol. The maximum absolute atomic E-state index is 12.5. The molecule has 2 N–H and O–H groups in total. The first-order valence-corrected chi connectivity index (χ1v) is 6.98. The molecule has 1 aliphatic heterocycles. The number of anilines is 1. The van der Waals surface area contributed by atoms with Crippen molar-refractivity contribution in [2.75, 3.05) is 31.6 Å². The molecule has 1 unspecified atom stereocenters. The van der Waals surface area contributed by atoms with E-state index >= 15 is 0 Å². The Bertz CT molecular complexity index is 566. The fraction of sp³-hybridized carbons (Fsp3) is 0.615. The van der Waals surface area contributed by atoms with E-state index in [4.69, 9.17) is 0 Å². The van der Waals surface area contributed by atoms with Crippen LogP contribution in [-0.4, -0.2) is 48.2 Å². The maximum Gasteiger partial charge on any atom is 0.293 e. The fourth-order valence-electron chi connectivity index (χ4n) is 2.61. The molecule has 0 aromatic carbocycles. The zero-order chi connectivity index (χ0) is 14.1. The molecule has 1 aromatic rings. The van der Waals surface area contributed by atoms with Gasteiger partial charge in [-0.3, -0.25) is 9.59 Å². The van der Waals surface area contributed by atoms with E-state index in [1.165, 1.54) is 0 Å². The summed E-state index contributed by atoms with van der Waals surface area (Å²) in [7, 11) is 1.61. The monoisotopic (exact) mass is 277 g/mol. The maximum atomic E-state index is 12.5. The van der Waals surface area contributed by atoms with E-state index in [1.54, 1.807) is 24.0 Å². The van der Waals surface area contributed by atoms with Gasteiger partial charge in [0.1, 0.15) is 6.04 Å². The number of nitrogens with zero attached hydrogens (tertiary/aromatic N) is 3. The van der Waals surface area contributed by atoms with Crippen LogP contribution in [0.4, 0.5) is 5.82 Å². The fourth-order valence-corrected chi connectivity index (χ4v) is 2.61. The first-order valence-electron chi connectivity index (χ1n) is 6.98. The summed E-state index contributed by atoms with van der Waals surface area (Å²) in [5.41, 5.74) is -0.0918. The highest BCUT2D eigenvalue weighted by molar-refractivity contribution is 5.85. The Morgan fingerprint density at radius 1 is 1.50 bits per heavy atom. The van der Waals surface area contributed by atoms with Gasteiger partial charge >= 0.3 is 0 Å². The van der Waals surface area contributed by atoms with Gasteiger partial charge in [0.15, 0.2) is 5.82 Å². The molecule has 108 valence electrons. The third-order valence-corrected chi connectivity index (χ3v) is 3.85. The van der Waals surface area contributed by atoms with Crippen molar-refractivity contribution in [2.24, 2.45) is 0 Å². The average Bonchev–Trinajstić information content (AvgIpc) is 3.31. The van der Waals surface area contributed by atoms with Crippen molar-refractivity contribution in [3.8, 4) is 0 Å². The van der Waals surface area contributed by atoms with Crippen LogP contribution < -0.4 is 21.1 Å². The van der Waals surface area contributed by atoms with Crippen molar-refractivity contribution < 1.29 is 4.79 Å². The van der Waals surface area contributed by atoms with Crippen LogP contribution >= 0.6 is 0 Å². The van der Waals surface area contributed by atoms with Gasteiger partial charge in [-0.15, -0.1) is 0 Å². The molecule has 1 aliphatic carbocycles. The van der Waals surface area contributed by atoms with Gasteiger partial charge in [-0.25, -0.2) is 4.98 Å². The first kappa shape index (κ1) is 13.1. The van der Waals surface area contributed by atoms with Crippen LogP contribution in [0.15, 0.2) is 17.2 Å². The summed E-state index contributed by atoms with van der Waals surface area (Å²) in [6, 6.07) is -0.0744. The van der Waals surface area contributed by atoms with Crippen molar-refractivity contribution in [2.45, 2.75) is 24.9 Å². The van der Waals surface area contributed by atoms with Crippen molar-refractivity contribution in [1.29, 1.82) is 0 Å². The van der Waals surface area contributed by atoms with E-state index in [-0.39, 0.29) is 17.5 Å². The van der Waals surface area contributed by atoms with Crippen LogP contribution in [0.25, 0.3) is 0 Å². The summed E-state index contributed by atoms with van der Waals surface area (Å²) in [4.78, 5) is 30.5. The Balaban J connectivity index is 1.95. The number of hydrogen-bond donors (Lipinski definition) is 2. The highest BCUT2D eigenvalue weighted by atomic mass is 16.2. The predicted octanol–water partition coefficient (Wildman–Crippen LogP) is -0.898. The lowest BCUT2D eigenvalue weighted by atomic mass is 10.2. The van der Waals surface area contributed by atoms with E-state index < -0.39 is 0 Å². The normalized spacial score (nSPS) is 22.6. The van der Waals surface area contributed by atoms with Crippen LogP contribution in [0.1, 0.15) is 18.9 Å². The van der Waals surface area contributed by atoms with E-state index in [0.29, 0.717) is 24.9 Å². The van der Waals surface area contributed by atoms with Gasteiger partial charge in [0.2, 0.25) is 5.91 Å². The van der Waals surface area contributed by atoms with Crippen LogP contribution in [0.5, 0.6) is 0 Å². The summed E-state index contributed by atoms with van der Waals surface area (Å²) >= 11 is 0. The number of nitrogens with one attached hydrogen (secondary N) is 2. The van der Waals surface area contributed by atoms with Gasteiger partial charge < -0.3 is 20.1 Å². The van der Waals surface area contributed by atoms with Gasteiger partial charge in [-0.2, -0.15) is 0 Å². The molecule has 2 aliphatic rings. The standard InChI is InChI=1S/C13H19N5O2/c1-14-12(19)10-8-15-4-6-18(10)11-13(20)17(7-5-16-11)9-2-3-9/h5,7,9-10,15H,2-4,6,8H2,1H3,(H,14,19). The van der Waals surface area contributed by atoms with Gasteiger partial charge in [-0.1, -0.05) is 0 Å². The molecule has 7 heteroatoms. The summed E-state index contributed by atoms with van der Waals surface area (Å²) in [6.07, 6.45) is 5.48. The van der Waals surface area contributed by atoms with Crippen molar-refractivity contribution in [1.82, 2.24) is 20.2 Å². The number of rotatable bonds is 3. The molecule has 1 saturated heterocycles. The smallest absolute Gasteiger partial charge is 0.293 e. The van der Waals surface area contributed by atoms with Crippen LogP contribution in [0, 0.1) is 0 Å². The minimum Gasteiger partial charge on any atom is -0.357 e. The molecule has 1 saturated carbocycles. The molecule has 0 bridgehead atoms. The van der Waals surface area contributed by atoms with E-state index in [0.717, 1.165) is 19.4 Å². The SMILES string of the molecule is CNC(=O)C1CNCCN1c1nccn(C2CC2)c1=O. The summed E-state index contributed by atoms with van der Waals surface area (Å²) in [5, 5.41) is 5.83. The molecular formula is C13H19N5O2. The minimum absolute atomic E-state index is 0.0918. The molecule has 20 heavy (non-hydrogen) atoms. The van der Waals surface area contributed by atoms with Crippen molar-refractivity contribution >= 4 is 11.7 Å². The summed E-state index contributed by atoms with van der Waals surface area (Å²) < 4.78 is 1.74. The third-order valence-electron chi connectivity index (χ3n) is 3.85. The second kappa shape index (κ2) is 5.24. The first-order chi connectivity index (χ1) is 9.72. The lowest BCUT2D eigenvalue weighted by Crippen LogP contribution is -2.59. The Labute approximate surface area is 117 Å². The Morgan fingerprint density at radius 3 is 3.00 bits per heavy atom. The number of hydrogen-bond acceptors (Lipinski definition) is 5. The number of piperazine rings is 1. The number of amides is 1. The third kappa shape index (κ3) is 2.29. The zero-order valence-corrected chi connectivity index (χ0v) is 11.5. The lowest BCUT2D eigenvalue weighted by molar-refractivity contribution is -0.122. The van der Waals surface area contributed by atoms with E-state index in [1.807, 2.05) is 4.90 Å². The number of aromatic nitrogens is 2. The van der Waals surface area contributed by atoms with Gasteiger partial charge in [0.25, 0.3) is 5.56 Å². The highest BCUT2D eigenvalue weighted by Gasteiger charge is 2.32. The van der Waals surface area contributed by atoms with Gasteiger partial charge in [0, 0.05) is 45.1 Å². The zero-order valence-electron chi connectivity index (χ0n) is 11.5. The largest absolute Gasteiger partial charge is 0.357 e. The van der Waals surface area contributed by atoms with E-state index in [2.05, 4.69) is 15.6 Å². The van der Waals surface area contributed by atoms with Crippen LogP contribution in [-0.2, 0) is 4.79 Å². The lowest BCUT2D eigenvalue weighted by Gasteiger charge is -2.35. The van der Waals surface area contributed by atoms with Crippen molar-refractivity contribution in [3.05, 3.63) is 22.7 Å². The van der Waals surface area contributed by atoms with Crippen LogP contribution in [0.2, 0.25) is 0 Å². The van der Waals surface area contributed by atoms with Crippen molar-refractivity contribution in [3.63, 3.8) is 0 Å². The Kier molecular flexibility index (Phi) is 3.43. The van der Waals surface area contributed by atoms with E-state index in [9.17, 15) is 9.59 Å². The van der Waals surface area contributed by atoms with Crippen LogP contribution in [0.3, 0.4) is 0 Å². The topological polar surface area (TPSA) is 79.3 Å². The molecule has 3 rings (SSSR count).